The molecule has 2 rings (SSSR count). The van der Waals surface area contributed by atoms with E-state index in [1.807, 2.05) is 12.1 Å². The van der Waals surface area contributed by atoms with E-state index >= 15 is 0 Å². The van der Waals surface area contributed by atoms with Crippen LogP contribution in [-0.2, 0) is 0 Å². The third kappa shape index (κ3) is 1.58. The van der Waals surface area contributed by atoms with Gasteiger partial charge in [0, 0.05) is 16.6 Å². The quantitative estimate of drug-likeness (QED) is 0.801. The molecule has 0 unspecified atom stereocenters. The molecule has 3 heteroatoms. The van der Waals surface area contributed by atoms with Gasteiger partial charge in [0.05, 0.1) is 7.11 Å². The number of ether oxygens (including phenoxy) is 1. The van der Waals surface area contributed by atoms with Crippen LogP contribution in [0.5, 0.6) is 5.75 Å². The first-order chi connectivity index (χ1) is 7.13. The van der Waals surface area contributed by atoms with Crippen LogP contribution in [0.3, 0.4) is 0 Å². The minimum absolute atomic E-state index is 0.289. The van der Waals surface area contributed by atoms with Gasteiger partial charge < -0.3 is 9.72 Å². The average Bonchev–Trinajstić information content (AvgIpc) is 2.63. The highest BCUT2D eigenvalue weighted by atomic mass is 19.1. The van der Waals surface area contributed by atoms with Crippen molar-refractivity contribution in [3.8, 4) is 5.75 Å². The van der Waals surface area contributed by atoms with Gasteiger partial charge >= 0.3 is 0 Å². The maximum atomic E-state index is 13.8. The molecular formula is C12H14FNO. The molecule has 15 heavy (non-hydrogen) atoms. The molecule has 0 aliphatic heterocycles. The van der Waals surface area contributed by atoms with E-state index in [-0.39, 0.29) is 11.6 Å². The zero-order chi connectivity index (χ0) is 11.0. The minimum atomic E-state index is -0.293. The summed E-state index contributed by atoms with van der Waals surface area (Å²) in [5.74, 6) is 0.359. The van der Waals surface area contributed by atoms with Gasteiger partial charge in [0.15, 0.2) is 11.6 Å². The largest absolute Gasteiger partial charge is 0.494 e. The van der Waals surface area contributed by atoms with Crippen molar-refractivity contribution in [1.82, 2.24) is 4.98 Å². The van der Waals surface area contributed by atoms with E-state index in [9.17, 15) is 4.39 Å². The molecule has 0 radical (unpaired) electrons. The number of hydrogen-bond donors (Lipinski definition) is 1. The van der Waals surface area contributed by atoms with E-state index in [1.54, 1.807) is 6.07 Å². The number of H-pyrrole nitrogens is 1. The Kier molecular flexibility index (Phi) is 2.39. The van der Waals surface area contributed by atoms with Gasteiger partial charge in [-0.2, -0.15) is 0 Å². The highest BCUT2D eigenvalue weighted by molar-refractivity contribution is 5.82. The van der Waals surface area contributed by atoms with Crippen LogP contribution in [0.25, 0.3) is 10.9 Å². The third-order valence-electron chi connectivity index (χ3n) is 2.57. The fraction of sp³-hybridized carbons (Fsp3) is 0.333. The number of halogens is 1. The maximum Gasteiger partial charge on any atom is 0.174 e. The summed E-state index contributed by atoms with van der Waals surface area (Å²) in [6.45, 7) is 4.14. The first kappa shape index (κ1) is 10.0. The van der Waals surface area contributed by atoms with Gasteiger partial charge in [0.1, 0.15) is 0 Å². The molecular weight excluding hydrogens is 193 g/mol. The molecule has 0 amide bonds. The van der Waals surface area contributed by atoms with Crippen LogP contribution in [0.4, 0.5) is 4.39 Å². The Morgan fingerprint density at radius 2 is 2.07 bits per heavy atom. The smallest absolute Gasteiger partial charge is 0.174 e. The van der Waals surface area contributed by atoms with E-state index in [1.165, 1.54) is 7.11 Å². The second-order valence-electron chi connectivity index (χ2n) is 3.92. The third-order valence-corrected chi connectivity index (χ3v) is 2.57. The molecule has 80 valence electrons. The molecule has 0 saturated heterocycles. The van der Waals surface area contributed by atoms with Crippen molar-refractivity contribution in [1.29, 1.82) is 0 Å². The summed E-state index contributed by atoms with van der Waals surface area (Å²) in [5.41, 5.74) is 1.86. The number of aromatic nitrogens is 1. The van der Waals surface area contributed by atoms with E-state index < -0.39 is 0 Å². The maximum absolute atomic E-state index is 13.8. The zero-order valence-electron chi connectivity index (χ0n) is 9.10. The SMILES string of the molecule is COc1ccc2[nH]c(C(C)C)cc2c1F. The van der Waals surface area contributed by atoms with Crippen molar-refractivity contribution in [3.05, 3.63) is 29.7 Å². The second-order valence-corrected chi connectivity index (χ2v) is 3.92. The van der Waals surface area contributed by atoms with Crippen LogP contribution in [0.2, 0.25) is 0 Å². The van der Waals surface area contributed by atoms with Crippen LogP contribution < -0.4 is 4.74 Å². The molecule has 2 nitrogen and oxygen atoms in total. The van der Waals surface area contributed by atoms with Crippen molar-refractivity contribution < 1.29 is 9.13 Å². The van der Waals surface area contributed by atoms with Crippen molar-refractivity contribution in [2.24, 2.45) is 0 Å². The highest BCUT2D eigenvalue weighted by Crippen LogP contribution is 2.28. The number of nitrogens with one attached hydrogen (secondary N) is 1. The lowest BCUT2D eigenvalue weighted by Crippen LogP contribution is -1.87. The van der Waals surface area contributed by atoms with Gasteiger partial charge in [0.25, 0.3) is 0 Å². The predicted octanol–water partition coefficient (Wildman–Crippen LogP) is 3.44. The molecule has 1 aromatic heterocycles. The summed E-state index contributed by atoms with van der Waals surface area (Å²) >= 11 is 0. The monoisotopic (exact) mass is 207 g/mol. The number of rotatable bonds is 2. The van der Waals surface area contributed by atoms with Crippen molar-refractivity contribution in [3.63, 3.8) is 0 Å². The number of benzene rings is 1. The lowest BCUT2D eigenvalue weighted by atomic mass is 10.1. The molecule has 0 atom stereocenters. The van der Waals surface area contributed by atoms with Crippen LogP contribution in [0.15, 0.2) is 18.2 Å². The summed E-state index contributed by atoms with van der Waals surface area (Å²) in [6.07, 6.45) is 0. The Hall–Kier alpha value is -1.51. The lowest BCUT2D eigenvalue weighted by Gasteiger charge is -2.00. The number of hydrogen-bond acceptors (Lipinski definition) is 1. The first-order valence-corrected chi connectivity index (χ1v) is 4.98. The topological polar surface area (TPSA) is 25.0 Å². The Balaban J connectivity index is 2.66. The summed E-state index contributed by atoms with van der Waals surface area (Å²) in [7, 11) is 1.47. The normalized spacial score (nSPS) is 11.3. The van der Waals surface area contributed by atoms with E-state index in [2.05, 4.69) is 18.8 Å². The average molecular weight is 207 g/mol. The summed E-state index contributed by atoms with van der Waals surface area (Å²) in [5, 5.41) is 0.595. The Morgan fingerprint density at radius 3 is 2.67 bits per heavy atom. The Labute approximate surface area is 88.1 Å². The molecule has 0 aliphatic carbocycles. The standard InChI is InChI=1S/C12H14FNO/c1-7(2)10-6-8-9(14-10)4-5-11(15-3)12(8)13/h4-7,14H,1-3H3. The predicted molar refractivity (Wildman–Crippen MR) is 58.9 cm³/mol. The molecule has 0 saturated carbocycles. The van der Waals surface area contributed by atoms with Gasteiger partial charge in [-0.25, -0.2) is 4.39 Å². The van der Waals surface area contributed by atoms with Gasteiger partial charge in [-0.15, -0.1) is 0 Å². The van der Waals surface area contributed by atoms with Crippen LogP contribution >= 0.6 is 0 Å². The van der Waals surface area contributed by atoms with Gasteiger partial charge in [-0.05, 0) is 24.1 Å². The van der Waals surface area contributed by atoms with Gasteiger partial charge in [-0.3, -0.25) is 0 Å². The van der Waals surface area contributed by atoms with Gasteiger partial charge in [-0.1, -0.05) is 13.8 Å². The van der Waals surface area contributed by atoms with Crippen LogP contribution in [0.1, 0.15) is 25.5 Å². The van der Waals surface area contributed by atoms with Crippen LogP contribution in [-0.4, -0.2) is 12.1 Å². The fourth-order valence-corrected chi connectivity index (χ4v) is 1.64. The molecule has 2 aromatic rings. The lowest BCUT2D eigenvalue weighted by molar-refractivity contribution is 0.389. The molecule has 1 heterocycles. The summed E-state index contributed by atoms with van der Waals surface area (Å²) in [6, 6.07) is 5.32. The Morgan fingerprint density at radius 1 is 1.33 bits per heavy atom. The number of fused-ring (bicyclic) bond motifs is 1. The second kappa shape index (κ2) is 3.57. The van der Waals surface area contributed by atoms with E-state index in [4.69, 9.17) is 4.74 Å². The van der Waals surface area contributed by atoms with E-state index in [0.29, 0.717) is 11.3 Å². The van der Waals surface area contributed by atoms with Crippen molar-refractivity contribution in [2.45, 2.75) is 19.8 Å². The van der Waals surface area contributed by atoms with Crippen molar-refractivity contribution in [2.75, 3.05) is 7.11 Å². The fourth-order valence-electron chi connectivity index (χ4n) is 1.64. The molecule has 0 bridgehead atoms. The molecule has 1 N–H and O–H groups in total. The van der Waals surface area contributed by atoms with Gasteiger partial charge in [0.2, 0.25) is 0 Å². The molecule has 1 aromatic carbocycles. The summed E-state index contributed by atoms with van der Waals surface area (Å²) < 4.78 is 18.7. The summed E-state index contributed by atoms with van der Waals surface area (Å²) in [4.78, 5) is 3.19. The number of methoxy groups -OCH3 is 1. The Bertz CT molecular complexity index is 488. The first-order valence-electron chi connectivity index (χ1n) is 4.98. The molecule has 0 aliphatic rings. The highest BCUT2D eigenvalue weighted by Gasteiger charge is 2.11. The molecule has 0 fully saturated rings. The van der Waals surface area contributed by atoms with Crippen molar-refractivity contribution >= 4 is 10.9 Å². The van der Waals surface area contributed by atoms with E-state index in [0.717, 1.165) is 11.2 Å². The van der Waals surface area contributed by atoms with Crippen LogP contribution in [0, 0.1) is 5.82 Å². The molecule has 0 spiro atoms. The number of aromatic amines is 1. The minimum Gasteiger partial charge on any atom is -0.494 e. The zero-order valence-corrected chi connectivity index (χ0v) is 9.10.